The van der Waals surface area contributed by atoms with Crippen molar-refractivity contribution in [2.75, 3.05) is 0 Å². The molecule has 2 rings (SSSR count). The van der Waals surface area contributed by atoms with Gasteiger partial charge in [-0.2, -0.15) is 0 Å². The van der Waals surface area contributed by atoms with Crippen LogP contribution in [0.4, 0.5) is 0 Å². The lowest BCUT2D eigenvalue weighted by molar-refractivity contribution is 0.104. The van der Waals surface area contributed by atoms with Crippen LogP contribution in [0.1, 0.15) is 35.3 Å². The second kappa shape index (κ2) is 7.65. The summed E-state index contributed by atoms with van der Waals surface area (Å²) >= 11 is 0. The smallest absolute Gasteiger partial charge is 0.189 e. The van der Waals surface area contributed by atoms with Crippen molar-refractivity contribution in [2.24, 2.45) is 0 Å². The number of ketones is 1. The van der Waals surface area contributed by atoms with Crippen LogP contribution in [0.2, 0.25) is 0 Å². The Bertz CT molecular complexity index is 905. The number of carbonyl (C=O) groups is 1. The molecule has 0 spiro atoms. The number of hydrogen-bond donors (Lipinski definition) is 5. The third-order valence-corrected chi connectivity index (χ3v) is 3.78. The van der Waals surface area contributed by atoms with Gasteiger partial charge in [-0.1, -0.05) is 11.6 Å². The van der Waals surface area contributed by atoms with E-state index in [4.69, 9.17) is 0 Å². The van der Waals surface area contributed by atoms with Gasteiger partial charge in [0.05, 0.1) is 5.56 Å². The van der Waals surface area contributed by atoms with Crippen molar-refractivity contribution >= 4 is 11.9 Å². The molecular weight excluding hydrogens is 336 g/mol. The van der Waals surface area contributed by atoms with Gasteiger partial charge in [0.2, 0.25) is 0 Å². The highest BCUT2D eigenvalue weighted by Gasteiger charge is 2.15. The van der Waals surface area contributed by atoms with E-state index in [9.17, 15) is 30.3 Å². The molecule has 0 atom stereocenters. The molecule has 2 aromatic rings. The molecule has 0 aromatic heterocycles. The molecule has 0 bridgehead atoms. The Labute approximate surface area is 150 Å². The van der Waals surface area contributed by atoms with E-state index in [1.165, 1.54) is 18.2 Å². The van der Waals surface area contributed by atoms with Crippen LogP contribution in [0.3, 0.4) is 0 Å². The minimum absolute atomic E-state index is 0.00121. The topological polar surface area (TPSA) is 118 Å². The molecule has 6 nitrogen and oxygen atoms in total. The van der Waals surface area contributed by atoms with E-state index < -0.39 is 17.3 Å². The van der Waals surface area contributed by atoms with Gasteiger partial charge in [-0.25, -0.2) is 0 Å². The predicted octanol–water partition coefficient (Wildman–Crippen LogP) is 3.62. The summed E-state index contributed by atoms with van der Waals surface area (Å²) in [7, 11) is 0. The van der Waals surface area contributed by atoms with Gasteiger partial charge in [-0.05, 0) is 50.6 Å². The minimum Gasteiger partial charge on any atom is -0.508 e. The van der Waals surface area contributed by atoms with E-state index in [0.29, 0.717) is 0 Å². The normalized spacial score (nSPS) is 10.8. The van der Waals surface area contributed by atoms with Crippen molar-refractivity contribution in [3.63, 3.8) is 0 Å². The van der Waals surface area contributed by atoms with E-state index in [0.717, 1.165) is 23.8 Å². The molecule has 0 radical (unpaired) electrons. The van der Waals surface area contributed by atoms with Gasteiger partial charge in [0.25, 0.3) is 0 Å². The number of allylic oxidation sites excluding steroid dienone is 3. The first-order chi connectivity index (χ1) is 12.2. The summed E-state index contributed by atoms with van der Waals surface area (Å²) in [5, 5.41) is 48.7. The molecule has 26 heavy (non-hydrogen) atoms. The molecule has 0 saturated heterocycles. The van der Waals surface area contributed by atoms with Crippen LogP contribution in [-0.2, 0) is 6.42 Å². The summed E-state index contributed by atoms with van der Waals surface area (Å²) in [4.78, 5) is 12.4. The van der Waals surface area contributed by atoms with Crippen molar-refractivity contribution in [1.82, 2.24) is 0 Å². The van der Waals surface area contributed by atoms with Crippen LogP contribution < -0.4 is 0 Å². The molecular formula is C20H20O6. The maximum Gasteiger partial charge on any atom is 0.189 e. The monoisotopic (exact) mass is 356 g/mol. The highest BCUT2D eigenvalue weighted by molar-refractivity contribution is 6.09. The maximum atomic E-state index is 12.4. The zero-order valence-electron chi connectivity index (χ0n) is 14.4. The second-order valence-corrected chi connectivity index (χ2v) is 6.04. The Morgan fingerprint density at radius 2 is 1.58 bits per heavy atom. The lowest BCUT2D eigenvalue weighted by Gasteiger charge is -2.09. The first-order valence-electron chi connectivity index (χ1n) is 7.85. The Morgan fingerprint density at radius 3 is 2.23 bits per heavy atom. The number of phenolic OH excluding ortho intramolecular Hbond substituents is 5. The highest BCUT2D eigenvalue weighted by atomic mass is 16.3. The number of aromatic hydroxyl groups is 5. The number of phenols is 5. The summed E-state index contributed by atoms with van der Waals surface area (Å²) in [5.74, 6) is -2.20. The maximum absolute atomic E-state index is 12.4. The third kappa shape index (κ3) is 4.16. The van der Waals surface area contributed by atoms with Crippen molar-refractivity contribution in [1.29, 1.82) is 0 Å². The first kappa shape index (κ1) is 18.9. The zero-order valence-corrected chi connectivity index (χ0v) is 14.4. The van der Waals surface area contributed by atoms with Crippen LogP contribution >= 0.6 is 0 Å². The molecule has 6 heteroatoms. The molecule has 0 amide bonds. The summed E-state index contributed by atoms with van der Waals surface area (Å²) in [6.07, 6.45) is 4.45. The van der Waals surface area contributed by atoms with E-state index in [2.05, 4.69) is 0 Å². The quantitative estimate of drug-likeness (QED) is 0.184. The van der Waals surface area contributed by atoms with Crippen LogP contribution in [-0.4, -0.2) is 31.3 Å². The molecule has 0 saturated carbocycles. The molecule has 0 fully saturated rings. The number of hydrogen-bond acceptors (Lipinski definition) is 6. The second-order valence-electron chi connectivity index (χ2n) is 6.04. The third-order valence-electron chi connectivity index (χ3n) is 3.78. The van der Waals surface area contributed by atoms with Gasteiger partial charge in [-0.15, -0.1) is 0 Å². The van der Waals surface area contributed by atoms with Crippen molar-refractivity contribution in [2.45, 2.75) is 20.3 Å². The van der Waals surface area contributed by atoms with E-state index >= 15 is 0 Å². The molecule has 0 aliphatic rings. The van der Waals surface area contributed by atoms with Crippen LogP contribution in [0, 0.1) is 0 Å². The molecule has 0 unspecified atom stereocenters. The summed E-state index contributed by atoms with van der Waals surface area (Å²) < 4.78 is 0. The van der Waals surface area contributed by atoms with Crippen molar-refractivity contribution in [3.8, 4) is 28.7 Å². The lowest BCUT2D eigenvalue weighted by atomic mass is 10.0. The number of benzene rings is 2. The fourth-order valence-electron chi connectivity index (χ4n) is 2.30. The summed E-state index contributed by atoms with van der Waals surface area (Å²) in [6.45, 7) is 3.76. The van der Waals surface area contributed by atoms with Crippen LogP contribution in [0.5, 0.6) is 28.7 Å². The SMILES string of the molecule is CC(C)=CCc1c(O)ccc(C(=O)C=Cc2cc(O)c(O)cc2O)c1O. The molecule has 0 aliphatic carbocycles. The van der Waals surface area contributed by atoms with Crippen LogP contribution in [0.25, 0.3) is 6.08 Å². The van der Waals surface area contributed by atoms with Gasteiger partial charge in [-0.3, -0.25) is 4.79 Å². The van der Waals surface area contributed by atoms with E-state index in [-0.39, 0.29) is 40.4 Å². The predicted molar refractivity (Wildman–Crippen MR) is 97.7 cm³/mol. The molecule has 136 valence electrons. The average molecular weight is 356 g/mol. The fourth-order valence-corrected chi connectivity index (χ4v) is 2.30. The standard InChI is InChI=1S/C20H20O6/c1-11(2)3-5-13-16(22)8-6-14(20(13)26)15(21)7-4-12-9-18(24)19(25)10-17(12)23/h3-4,6-10,22-26H,5H2,1-2H3. The molecule has 0 heterocycles. The van der Waals surface area contributed by atoms with Gasteiger partial charge in [0, 0.05) is 17.2 Å². The minimum atomic E-state index is -0.548. The molecule has 2 aromatic carbocycles. The van der Waals surface area contributed by atoms with Gasteiger partial charge >= 0.3 is 0 Å². The Hall–Kier alpha value is -3.41. The Morgan fingerprint density at radius 1 is 0.923 bits per heavy atom. The number of carbonyl (C=O) groups excluding carboxylic acids is 1. The van der Waals surface area contributed by atoms with E-state index in [1.807, 2.05) is 19.9 Å². The summed E-state index contributed by atoms with van der Waals surface area (Å²) in [6, 6.07) is 4.69. The van der Waals surface area contributed by atoms with E-state index in [1.54, 1.807) is 0 Å². The number of rotatable bonds is 5. The zero-order chi connectivity index (χ0) is 19.4. The average Bonchev–Trinajstić information content (AvgIpc) is 2.56. The van der Waals surface area contributed by atoms with Crippen molar-refractivity contribution < 1.29 is 30.3 Å². The van der Waals surface area contributed by atoms with Crippen LogP contribution in [0.15, 0.2) is 42.0 Å². The molecule has 0 aliphatic heterocycles. The Balaban J connectivity index is 2.34. The van der Waals surface area contributed by atoms with Crippen molar-refractivity contribution in [3.05, 3.63) is 58.7 Å². The van der Waals surface area contributed by atoms with Gasteiger partial charge in [0.15, 0.2) is 17.3 Å². The fraction of sp³-hybridized carbons (Fsp3) is 0.150. The summed E-state index contributed by atoms with van der Waals surface area (Å²) in [5.41, 5.74) is 1.37. The Kier molecular flexibility index (Phi) is 5.57. The first-order valence-corrected chi connectivity index (χ1v) is 7.85. The molecule has 5 N–H and O–H groups in total. The van der Waals surface area contributed by atoms with Gasteiger partial charge < -0.3 is 25.5 Å². The largest absolute Gasteiger partial charge is 0.508 e. The lowest BCUT2D eigenvalue weighted by Crippen LogP contribution is -1.98. The highest BCUT2D eigenvalue weighted by Crippen LogP contribution is 2.34. The van der Waals surface area contributed by atoms with Gasteiger partial charge in [0.1, 0.15) is 17.2 Å².